The van der Waals surface area contributed by atoms with Crippen molar-refractivity contribution in [2.45, 2.75) is 25.0 Å². The lowest BCUT2D eigenvalue weighted by molar-refractivity contribution is -0.131. The average molecular weight is 166 g/mol. The maximum atomic E-state index is 9.47. The van der Waals surface area contributed by atoms with Gasteiger partial charge in [-0.25, -0.2) is 0 Å². The van der Waals surface area contributed by atoms with Gasteiger partial charge in [-0.3, -0.25) is 0 Å². The van der Waals surface area contributed by atoms with E-state index in [0.717, 1.165) is 19.4 Å². The Hall–Kier alpha value is -0.600. The molecule has 0 aromatic carbocycles. The Morgan fingerprint density at radius 2 is 2.42 bits per heavy atom. The van der Waals surface area contributed by atoms with Crippen LogP contribution in [0.15, 0.2) is 24.3 Å². The quantitative estimate of drug-likeness (QED) is 0.635. The summed E-state index contributed by atoms with van der Waals surface area (Å²) in [5.74, 6) is 0.561. The fourth-order valence-electron chi connectivity index (χ4n) is 2.02. The number of aliphatic hydroxyl groups is 1. The molecule has 2 aliphatic rings. The van der Waals surface area contributed by atoms with Gasteiger partial charge in [-0.2, -0.15) is 0 Å². The molecule has 0 radical (unpaired) electrons. The van der Waals surface area contributed by atoms with Gasteiger partial charge in [-0.1, -0.05) is 24.3 Å². The minimum Gasteiger partial charge on any atom is -0.393 e. The highest BCUT2D eigenvalue weighted by Gasteiger charge is 2.40. The molecule has 1 heterocycles. The second kappa shape index (κ2) is 3.04. The van der Waals surface area contributed by atoms with E-state index in [0.29, 0.717) is 5.92 Å². The molecule has 0 bridgehead atoms. The Morgan fingerprint density at radius 3 is 3.00 bits per heavy atom. The summed E-state index contributed by atoms with van der Waals surface area (Å²) in [6.45, 7) is 4.49. The van der Waals surface area contributed by atoms with E-state index in [-0.39, 0.29) is 12.2 Å². The molecule has 1 N–H and O–H groups in total. The van der Waals surface area contributed by atoms with E-state index in [2.05, 4.69) is 6.58 Å². The molecule has 3 atom stereocenters. The van der Waals surface area contributed by atoms with Crippen LogP contribution in [-0.4, -0.2) is 23.9 Å². The van der Waals surface area contributed by atoms with Crippen LogP contribution in [0.2, 0.25) is 0 Å². The van der Waals surface area contributed by atoms with E-state index in [1.165, 1.54) is 5.57 Å². The molecule has 0 spiro atoms. The molecule has 2 rings (SSSR count). The SMILES string of the molecule is C=C/C=C1\C[C@@H](O)C[C@@H]2OC[C@@H]12. The first-order valence-electron chi connectivity index (χ1n) is 4.42. The second-order valence-electron chi connectivity index (χ2n) is 3.55. The molecular formula is C10H14O2. The van der Waals surface area contributed by atoms with Crippen LogP contribution >= 0.6 is 0 Å². The standard InChI is InChI=1S/C10H14O2/c1-2-3-7-4-8(11)5-10-9(7)6-12-10/h2-3,8-11H,1,4-6H2/b7-3+/t8-,9+,10+/m1/s1. The number of hydrogen-bond donors (Lipinski definition) is 1. The number of rotatable bonds is 1. The molecule has 2 heteroatoms. The fraction of sp³-hybridized carbons (Fsp3) is 0.600. The van der Waals surface area contributed by atoms with Gasteiger partial charge in [0.25, 0.3) is 0 Å². The Labute approximate surface area is 72.5 Å². The van der Waals surface area contributed by atoms with Crippen LogP contribution in [-0.2, 0) is 4.74 Å². The van der Waals surface area contributed by atoms with Crippen LogP contribution in [0, 0.1) is 5.92 Å². The number of hydrogen-bond acceptors (Lipinski definition) is 2. The van der Waals surface area contributed by atoms with E-state index >= 15 is 0 Å². The molecular weight excluding hydrogens is 152 g/mol. The average Bonchev–Trinajstić information content (AvgIpc) is 1.96. The van der Waals surface area contributed by atoms with E-state index < -0.39 is 0 Å². The summed E-state index contributed by atoms with van der Waals surface area (Å²) in [6.07, 6.45) is 5.48. The molecule has 0 aromatic rings. The van der Waals surface area contributed by atoms with Gasteiger partial charge in [0.1, 0.15) is 0 Å². The molecule has 1 aliphatic carbocycles. The van der Waals surface area contributed by atoms with Crippen molar-refractivity contribution in [2.24, 2.45) is 5.92 Å². The van der Waals surface area contributed by atoms with Crippen LogP contribution in [0.5, 0.6) is 0 Å². The smallest absolute Gasteiger partial charge is 0.0687 e. The van der Waals surface area contributed by atoms with E-state index in [4.69, 9.17) is 4.74 Å². The third kappa shape index (κ3) is 1.21. The highest BCUT2D eigenvalue weighted by Crippen LogP contribution is 2.38. The fourth-order valence-corrected chi connectivity index (χ4v) is 2.02. The van der Waals surface area contributed by atoms with E-state index in [1.807, 2.05) is 6.08 Å². The normalized spacial score (nSPS) is 43.4. The number of ether oxygens (including phenoxy) is 1. The van der Waals surface area contributed by atoms with Crippen molar-refractivity contribution in [2.75, 3.05) is 6.61 Å². The van der Waals surface area contributed by atoms with Gasteiger partial charge in [-0.15, -0.1) is 0 Å². The van der Waals surface area contributed by atoms with Crippen LogP contribution < -0.4 is 0 Å². The second-order valence-corrected chi connectivity index (χ2v) is 3.55. The summed E-state index contributed by atoms with van der Waals surface area (Å²) in [5.41, 5.74) is 1.31. The maximum absolute atomic E-state index is 9.47. The van der Waals surface area contributed by atoms with Gasteiger partial charge in [0, 0.05) is 12.3 Å². The third-order valence-electron chi connectivity index (χ3n) is 2.72. The minimum absolute atomic E-state index is 0.210. The Morgan fingerprint density at radius 1 is 1.58 bits per heavy atom. The van der Waals surface area contributed by atoms with Crippen LogP contribution in [0.25, 0.3) is 0 Å². The van der Waals surface area contributed by atoms with Gasteiger partial charge in [0.2, 0.25) is 0 Å². The molecule has 2 nitrogen and oxygen atoms in total. The first-order valence-corrected chi connectivity index (χ1v) is 4.42. The summed E-state index contributed by atoms with van der Waals surface area (Å²) < 4.78 is 5.35. The van der Waals surface area contributed by atoms with E-state index in [9.17, 15) is 5.11 Å². The Kier molecular flexibility index (Phi) is 2.03. The van der Waals surface area contributed by atoms with Crippen LogP contribution in [0.3, 0.4) is 0 Å². The highest BCUT2D eigenvalue weighted by molar-refractivity contribution is 5.20. The Bertz CT molecular complexity index is 220. The lowest BCUT2D eigenvalue weighted by atomic mass is 9.77. The highest BCUT2D eigenvalue weighted by atomic mass is 16.5. The molecule has 0 aromatic heterocycles. The minimum atomic E-state index is -0.210. The van der Waals surface area contributed by atoms with Gasteiger partial charge >= 0.3 is 0 Å². The van der Waals surface area contributed by atoms with Crippen molar-refractivity contribution in [1.29, 1.82) is 0 Å². The van der Waals surface area contributed by atoms with Crippen molar-refractivity contribution < 1.29 is 9.84 Å². The number of fused-ring (bicyclic) bond motifs is 1. The molecule has 1 saturated carbocycles. The zero-order chi connectivity index (χ0) is 8.55. The summed E-state index contributed by atoms with van der Waals surface area (Å²) in [4.78, 5) is 0. The largest absolute Gasteiger partial charge is 0.393 e. The maximum Gasteiger partial charge on any atom is 0.0687 e. The summed E-state index contributed by atoms with van der Waals surface area (Å²) in [5, 5.41) is 9.47. The third-order valence-corrected chi connectivity index (χ3v) is 2.72. The van der Waals surface area contributed by atoms with Crippen molar-refractivity contribution in [3.63, 3.8) is 0 Å². The summed E-state index contributed by atoms with van der Waals surface area (Å²) >= 11 is 0. The molecule has 66 valence electrons. The van der Waals surface area contributed by atoms with Crippen LogP contribution in [0.1, 0.15) is 12.8 Å². The summed E-state index contributed by atoms with van der Waals surface area (Å²) in [7, 11) is 0. The van der Waals surface area contributed by atoms with Crippen LogP contribution in [0.4, 0.5) is 0 Å². The predicted molar refractivity (Wildman–Crippen MR) is 46.8 cm³/mol. The molecule has 0 amide bonds. The van der Waals surface area contributed by atoms with Gasteiger partial charge in [0.15, 0.2) is 0 Å². The topological polar surface area (TPSA) is 29.5 Å². The lowest BCUT2D eigenvalue weighted by Crippen LogP contribution is -2.47. The first-order chi connectivity index (χ1) is 5.81. The predicted octanol–water partition coefficient (Wildman–Crippen LogP) is 1.27. The molecule has 12 heavy (non-hydrogen) atoms. The monoisotopic (exact) mass is 166 g/mol. The number of allylic oxidation sites excluding steroid dienone is 2. The van der Waals surface area contributed by atoms with Gasteiger partial charge in [-0.05, 0) is 6.42 Å². The van der Waals surface area contributed by atoms with Crippen molar-refractivity contribution in [1.82, 2.24) is 0 Å². The van der Waals surface area contributed by atoms with Gasteiger partial charge < -0.3 is 9.84 Å². The van der Waals surface area contributed by atoms with Gasteiger partial charge in [0.05, 0.1) is 18.8 Å². The summed E-state index contributed by atoms with van der Waals surface area (Å²) in [6, 6.07) is 0. The lowest BCUT2D eigenvalue weighted by Gasteiger charge is -2.44. The molecule has 2 fully saturated rings. The Balaban J connectivity index is 2.11. The van der Waals surface area contributed by atoms with Crippen molar-refractivity contribution in [3.8, 4) is 0 Å². The molecule has 1 saturated heterocycles. The van der Waals surface area contributed by atoms with Crippen molar-refractivity contribution in [3.05, 3.63) is 24.3 Å². The molecule has 0 unspecified atom stereocenters. The number of aliphatic hydroxyl groups excluding tert-OH is 1. The first kappa shape index (κ1) is 8.02. The zero-order valence-corrected chi connectivity index (χ0v) is 7.07. The van der Waals surface area contributed by atoms with E-state index in [1.54, 1.807) is 6.08 Å². The zero-order valence-electron chi connectivity index (χ0n) is 7.07. The van der Waals surface area contributed by atoms with Crippen molar-refractivity contribution >= 4 is 0 Å². The molecule has 1 aliphatic heterocycles.